The van der Waals surface area contributed by atoms with Crippen molar-refractivity contribution in [2.24, 2.45) is 0 Å². The number of hydrogen-bond donors (Lipinski definition) is 1. The molecule has 3 aromatic carbocycles. The lowest BCUT2D eigenvalue weighted by atomic mass is 10.1. The summed E-state index contributed by atoms with van der Waals surface area (Å²) in [5.74, 6) is 1.43. The van der Waals surface area contributed by atoms with E-state index < -0.39 is 0 Å². The molecule has 1 heterocycles. The van der Waals surface area contributed by atoms with Crippen LogP contribution in [0, 0.1) is 0 Å². The van der Waals surface area contributed by atoms with Gasteiger partial charge in [-0.1, -0.05) is 41.9 Å². The summed E-state index contributed by atoms with van der Waals surface area (Å²) in [4.78, 5) is 17.5. The predicted octanol–water partition coefficient (Wildman–Crippen LogP) is 5.24. The molecule has 0 saturated carbocycles. The number of nitrogens with zero attached hydrogens (tertiary/aromatic N) is 2. The average molecular weight is 420 g/mol. The van der Waals surface area contributed by atoms with E-state index >= 15 is 0 Å². The van der Waals surface area contributed by atoms with Gasteiger partial charge in [-0.25, -0.2) is 4.98 Å². The first-order chi connectivity index (χ1) is 14.6. The normalized spacial score (nSPS) is 12.0. The van der Waals surface area contributed by atoms with Crippen molar-refractivity contribution in [2.75, 3.05) is 7.11 Å². The fourth-order valence-corrected chi connectivity index (χ4v) is 3.67. The number of methoxy groups -OCH3 is 1. The van der Waals surface area contributed by atoms with Crippen molar-refractivity contribution in [3.63, 3.8) is 0 Å². The molecule has 1 aromatic heterocycles. The van der Waals surface area contributed by atoms with Gasteiger partial charge >= 0.3 is 0 Å². The topological polar surface area (TPSA) is 56.1 Å². The van der Waals surface area contributed by atoms with Crippen molar-refractivity contribution in [1.29, 1.82) is 0 Å². The minimum atomic E-state index is -0.296. The lowest BCUT2D eigenvalue weighted by Gasteiger charge is -2.17. The van der Waals surface area contributed by atoms with Crippen LogP contribution >= 0.6 is 11.6 Å². The van der Waals surface area contributed by atoms with Crippen LogP contribution in [0.5, 0.6) is 5.75 Å². The number of fused-ring (bicyclic) bond motifs is 1. The number of benzene rings is 3. The molecule has 152 valence electrons. The predicted molar refractivity (Wildman–Crippen MR) is 119 cm³/mol. The van der Waals surface area contributed by atoms with E-state index in [1.165, 1.54) is 0 Å². The van der Waals surface area contributed by atoms with Crippen LogP contribution in [0.15, 0.2) is 72.8 Å². The molecule has 0 spiro atoms. The summed E-state index contributed by atoms with van der Waals surface area (Å²) in [6, 6.07) is 22.4. The van der Waals surface area contributed by atoms with Crippen LogP contribution in [0.1, 0.15) is 34.7 Å². The van der Waals surface area contributed by atoms with Gasteiger partial charge in [0.2, 0.25) is 0 Å². The smallest absolute Gasteiger partial charge is 0.251 e. The minimum absolute atomic E-state index is 0.171. The Balaban J connectivity index is 1.68. The molecule has 0 aliphatic carbocycles. The van der Waals surface area contributed by atoms with Crippen LogP contribution in [-0.2, 0) is 6.54 Å². The summed E-state index contributed by atoms with van der Waals surface area (Å²) in [6.07, 6.45) is 0. The molecule has 1 amide bonds. The van der Waals surface area contributed by atoms with E-state index in [0.717, 1.165) is 28.2 Å². The highest BCUT2D eigenvalue weighted by atomic mass is 35.5. The zero-order chi connectivity index (χ0) is 21.1. The Morgan fingerprint density at radius 2 is 1.77 bits per heavy atom. The van der Waals surface area contributed by atoms with E-state index in [2.05, 4.69) is 9.88 Å². The van der Waals surface area contributed by atoms with Crippen LogP contribution in [-0.4, -0.2) is 22.6 Å². The van der Waals surface area contributed by atoms with Crippen molar-refractivity contribution in [3.8, 4) is 5.75 Å². The molecule has 0 aliphatic heterocycles. The van der Waals surface area contributed by atoms with Gasteiger partial charge in [-0.2, -0.15) is 0 Å². The van der Waals surface area contributed by atoms with Gasteiger partial charge in [0.1, 0.15) is 11.6 Å². The largest absolute Gasteiger partial charge is 0.496 e. The summed E-state index contributed by atoms with van der Waals surface area (Å²) in [7, 11) is 1.67. The number of nitrogens with one attached hydrogen (secondary N) is 1. The van der Waals surface area contributed by atoms with Crippen molar-refractivity contribution in [3.05, 3.63) is 94.8 Å². The molecular formula is C24H22ClN3O2. The first-order valence-corrected chi connectivity index (χ1v) is 10.1. The second-order valence-corrected chi connectivity index (χ2v) is 7.50. The highest BCUT2D eigenvalue weighted by molar-refractivity contribution is 6.30. The van der Waals surface area contributed by atoms with E-state index in [9.17, 15) is 4.79 Å². The number of halogens is 1. The lowest BCUT2D eigenvalue weighted by molar-refractivity contribution is 0.0937. The number of aromatic nitrogens is 2. The summed E-state index contributed by atoms with van der Waals surface area (Å²) in [5, 5.41) is 3.65. The van der Waals surface area contributed by atoms with Crippen LogP contribution < -0.4 is 10.1 Å². The Hall–Kier alpha value is -3.31. The molecule has 1 unspecified atom stereocenters. The third-order valence-corrected chi connectivity index (χ3v) is 5.30. The maximum atomic E-state index is 12.7. The number of imidazole rings is 1. The monoisotopic (exact) mass is 419 g/mol. The standard InChI is InChI=1S/C24H22ClN3O2/c1-16(26-24(29)17-11-13-19(25)14-12-17)23-27-20-8-4-5-9-21(20)28(23)15-18-7-3-6-10-22(18)30-2/h3-14,16H,15H2,1-2H3,(H,26,29). The molecule has 30 heavy (non-hydrogen) atoms. The van der Waals surface area contributed by atoms with E-state index in [1.54, 1.807) is 31.4 Å². The van der Waals surface area contributed by atoms with Crippen molar-refractivity contribution in [2.45, 2.75) is 19.5 Å². The number of rotatable bonds is 6. The van der Waals surface area contributed by atoms with E-state index in [-0.39, 0.29) is 11.9 Å². The number of ether oxygens (including phenoxy) is 1. The second-order valence-electron chi connectivity index (χ2n) is 7.06. The first kappa shape index (κ1) is 20.0. The van der Waals surface area contributed by atoms with Crippen LogP contribution in [0.2, 0.25) is 5.02 Å². The summed E-state index contributed by atoms with van der Waals surface area (Å²) >= 11 is 5.93. The van der Waals surface area contributed by atoms with Gasteiger partial charge in [0.25, 0.3) is 5.91 Å². The van der Waals surface area contributed by atoms with E-state index in [4.69, 9.17) is 21.3 Å². The molecule has 4 aromatic rings. The van der Waals surface area contributed by atoms with Crippen LogP contribution in [0.4, 0.5) is 0 Å². The Bertz CT molecular complexity index is 1180. The Kier molecular flexibility index (Phi) is 5.72. The molecular weight excluding hydrogens is 398 g/mol. The number of carbonyl (C=O) groups excluding carboxylic acids is 1. The zero-order valence-electron chi connectivity index (χ0n) is 16.8. The minimum Gasteiger partial charge on any atom is -0.496 e. The highest BCUT2D eigenvalue weighted by Crippen LogP contribution is 2.26. The number of amides is 1. The molecule has 0 saturated heterocycles. The molecule has 5 nitrogen and oxygen atoms in total. The average Bonchev–Trinajstić information content (AvgIpc) is 3.13. The van der Waals surface area contributed by atoms with Gasteiger partial charge in [-0.3, -0.25) is 4.79 Å². The van der Waals surface area contributed by atoms with Gasteiger partial charge in [0.15, 0.2) is 0 Å². The van der Waals surface area contributed by atoms with E-state index in [1.807, 2.05) is 55.5 Å². The molecule has 0 radical (unpaired) electrons. The Morgan fingerprint density at radius 3 is 2.53 bits per heavy atom. The third kappa shape index (κ3) is 4.02. The molecule has 0 bridgehead atoms. The number of hydrogen-bond acceptors (Lipinski definition) is 3. The fraction of sp³-hybridized carbons (Fsp3) is 0.167. The SMILES string of the molecule is COc1ccccc1Cn1c(C(C)NC(=O)c2ccc(Cl)cc2)nc2ccccc21. The molecule has 0 aliphatic rings. The van der Waals surface area contributed by atoms with Crippen molar-refractivity contribution >= 4 is 28.5 Å². The first-order valence-electron chi connectivity index (χ1n) is 9.70. The maximum Gasteiger partial charge on any atom is 0.251 e. The van der Waals surface area contributed by atoms with Gasteiger partial charge in [0, 0.05) is 16.1 Å². The van der Waals surface area contributed by atoms with Gasteiger partial charge in [-0.15, -0.1) is 0 Å². The quantitative estimate of drug-likeness (QED) is 0.465. The number of carbonyl (C=O) groups is 1. The molecule has 1 atom stereocenters. The fourth-order valence-electron chi connectivity index (χ4n) is 3.54. The molecule has 6 heteroatoms. The summed E-state index contributed by atoms with van der Waals surface area (Å²) in [5.41, 5.74) is 3.49. The lowest BCUT2D eigenvalue weighted by Crippen LogP contribution is -2.28. The van der Waals surface area contributed by atoms with Crippen LogP contribution in [0.25, 0.3) is 11.0 Å². The highest BCUT2D eigenvalue weighted by Gasteiger charge is 2.20. The molecule has 1 N–H and O–H groups in total. The van der Waals surface area contributed by atoms with Gasteiger partial charge in [-0.05, 0) is 49.4 Å². The van der Waals surface area contributed by atoms with Gasteiger partial charge in [0.05, 0.1) is 30.7 Å². The zero-order valence-corrected chi connectivity index (χ0v) is 17.6. The van der Waals surface area contributed by atoms with Crippen molar-refractivity contribution < 1.29 is 9.53 Å². The van der Waals surface area contributed by atoms with Crippen molar-refractivity contribution in [1.82, 2.24) is 14.9 Å². The molecule has 4 rings (SSSR count). The summed E-state index contributed by atoms with van der Waals surface area (Å²) in [6.45, 7) is 2.52. The number of para-hydroxylation sites is 3. The maximum absolute atomic E-state index is 12.7. The van der Waals surface area contributed by atoms with Gasteiger partial charge < -0.3 is 14.6 Å². The van der Waals surface area contributed by atoms with E-state index in [0.29, 0.717) is 17.1 Å². The molecule has 0 fully saturated rings. The second kappa shape index (κ2) is 8.59. The van der Waals surface area contributed by atoms with Crippen LogP contribution in [0.3, 0.4) is 0 Å². The Labute approximate surface area is 180 Å². The summed E-state index contributed by atoms with van der Waals surface area (Å²) < 4.78 is 7.65. The third-order valence-electron chi connectivity index (χ3n) is 5.05. The Morgan fingerprint density at radius 1 is 1.07 bits per heavy atom.